The van der Waals surface area contributed by atoms with Gasteiger partial charge in [0.2, 0.25) is 0 Å². The standard InChI is InChI=1S/C9H8F5NO2S/c10-6-3-5(15)1-2-7(6)18(16,17)4-9(13,14)8(11)12/h1-3,8H,4,15H2. The first-order chi connectivity index (χ1) is 8.06. The average Bonchev–Trinajstić information content (AvgIpc) is 2.14. The van der Waals surface area contributed by atoms with Crippen LogP contribution in [0.4, 0.5) is 27.6 Å². The number of sulfone groups is 1. The smallest absolute Gasteiger partial charge is 0.321 e. The Morgan fingerprint density at radius 3 is 2.28 bits per heavy atom. The highest BCUT2D eigenvalue weighted by molar-refractivity contribution is 7.91. The van der Waals surface area contributed by atoms with Gasteiger partial charge in [-0.1, -0.05) is 0 Å². The molecule has 0 amide bonds. The van der Waals surface area contributed by atoms with Gasteiger partial charge in [-0.2, -0.15) is 8.78 Å². The summed E-state index contributed by atoms with van der Waals surface area (Å²) in [5.74, 6) is -8.27. The van der Waals surface area contributed by atoms with Gasteiger partial charge in [0.05, 0.1) is 0 Å². The maximum Gasteiger partial charge on any atom is 0.321 e. The number of halogens is 5. The minimum atomic E-state index is -4.87. The molecule has 0 spiro atoms. The number of hydrogen-bond donors (Lipinski definition) is 1. The van der Waals surface area contributed by atoms with Gasteiger partial charge in [-0.25, -0.2) is 21.6 Å². The lowest BCUT2D eigenvalue weighted by Gasteiger charge is -2.15. The quantitative estimate of drug-likeness (QED) is 0.682. The van der Waals surface area contributed by atoms with Crippen molar-refractivity contribution in [3.8, 4) is 0 Å². The lowest BCUT2D eigenvalue weighted by Crippen LogP contribution is -2.35. The third kappa shape index (κ3) is 3.09. The summed E-state index contributed by atoms with van der Waals surface area (Å²) >= 11 is 0. The minimum absolute atomic E-state index is 0.118. The summed E-state index contributed by atoms with van der Waals surface area (Å²) in [6.45, 7) is 0. The van der Waals surface area contributed by atoms with E-state index in [2.05, 4.69) is 0 Å². The Balaban J connectivity index is 3.15. The molecule has 0 aliphatic rings. The van der Waals surface area contributed by atoms with Crippen LogP contribution in [0.15, 0.2) is 23.1 Å². The number of benzene rings is 1. The second-order valence-corrected chi connectivity index (χ2v) is 5.47. The Labute approximate surface area is 99.3 Å². The maximum absolute atomic E-state index is 13.2. The minimum Gasteiger partial charge on any atom is -0.399 e. The molecule has 0 fully saturated rings. The molecule has 1 rings (SSSR count). The van der Waals surface area contributed by atoms with Crippen molar-refractivity contribution in [2.75, 3.05) is 11.5 Å². The summed E-state index contributed by atoms with van der Waals surface area (Å²) in [5.41, 5.74) is 5.02. The normalized spacial score (nSPS) is 13.0. The zero-order valence-electron chi connectivity index (χ0n) is 8.71. The van der Waals surface area contributed by atoms with E-state index < -0.39 is 38.7 Å². The molecule has 9 heteroatoms. The van der Waals surface area contributed by atoms with Crippen LogP contribution in [-0.2, 0) is 9.84 Å². The number of nitrogen functional groups attached to an aromatic ring is 1. The van der Waals surface area contributed by atoms with E-state index in [1.807, 2.05) is 0 Å². The zero-order chi connectivity index (χ0) is 14.1. The third-order valence-corrected chi connectivity index (χ3v) is 3.76. The van der Waals surface area contributed by atoms with E-state index in [-0.39, 0.29) is 5.69 Å². The molecule has 2 N–H and O–H groups in total. The first kappa shape index (κ1) is 14.7. The molecule has 0 unspecified atom stereocenters. The van der Waals surface area contributed by atoms with E-state index in [1.165, 1.54) is 0 Å². The molecule has 0 radical (unpaired) electrons. The molecule has 18 heavy (non-hydrogen) atoms. The molecule has 102 valence electrons. The lowest BCUT2D eigenvalue weighted by molar-refractivity contribution is -0.111. The maximum atomic E-state index is 13.2. The highest BCUT2D eigenvalue weighted by Crippen LogP contribution is 2.28. The Kier molecular flexibility index (Phi) is 3.84. The Morgan fingerprint density at radius 1 is 1.28 bits per heavy atom. The van der Waals surface area contributed by atoms with Gasteiger partial charge in [-0.05, 0) is 18.2 Å². The highest BCUT2D eigenvalue weighted by atomic mass is 32.2. The van der Waals surface area contributed by atoms with E-state index in [1.54, 1.807) is 0 Å². The van der Waals surface area contributed by atoms with Crippen molar-refractivity contribution >= 4 is 15.5 Å². The van der Waals surface area contributed by atoms with Crippen LogP contribution in [0.5, 0.6) is 0 Å². The van der Waals surface area contributed by atoms with Crippen LogP contribution in [0, 0.1) is 5.82 Å². The second kappa shape index (κ2) is 4.71. The van der Waals surface area contributed by atoms with Crippen LogP contribution in [0.1, 0.15) is 0 Å². The number of anilines is 1. The molecule has 0 saturated heterocycles. The number of nitrogens with two attached hydrogens (primary N) is 1. The lowest BCUT2D eigenvalue weighted by atomic mass is 10.3. The molecule has 1 aromatic carbocycles. The van der Waals surface area contributed by atoms with Gasteiger partial charge in [0.15, 0.2) is 9.84 Å². The van der Waals surface area contributed by atoms with Crippen LogP contribution in [0.3, 0.4) is 0 Å². The van der Waals surface area contributed by atoms with Crippen molar-refractivity contribution in [2.45, 2.75) is 17.2 Å². The molecular formula is C9H8F5NO2S. The Morgan fingerprint density at radius 2 is 1.83 bits per heavy atom. The van der Waals surface area contributed by atoms with Gasteiger partial charge in [-0.15, -0.1) is 0 Å². The van der Waals surface area contributed by atoms with Crippen molar-refractivity contribution < 1.29 is 30.4 Å². The molecule has 0 saturated carbocycles. The van der Waals surface area contributed by atoms with Crippen molar-refractivity contribution in [3.63, 3.8) is 0 Å². The topological polar surface area (TPSA) is 60.2 Å². The fraction of sp³-hybridized carbons (Fsp3) is 0.333. The molecule has 0 aliphatic heterocycles. The number of alkyl halides is 4. The Hall–Kier alpha value is -1.38. The van der Waals surface area contributed by atoms with Gasteiger partial charge in [0.25, 0.3) is 0 Å². The molecule has 1 aromatic rings. The van der Waals surface area contributed by atoms with Gasteiger partial charge in [0, 0.05) is 5.69 Å². The van der Waals surface area contributed by atoms with E-state index >= 15 is 0 Å². The molecule has 0 aliphatic carbocycles. The first-order valence-electron chi connectivity index (χ1n) is 4.50. The summed E-state index contributed by atoms with van der Waals surface area (Å²) in [7, 11) is -4.87. The van der Waals surface area contributed by atoms with E-state index in [0.717, 1.165) is 6.07 Å². The van der Waals surface area contributed by atoms with E-state index in [4.69, 9.17) is 5.73 Å². The molecule has 0 aromatic heterocycles. The van der Waals surface area contributed by atoms with Gasteiger partial charge in [-0.3, -0.25) is 0 Å². The van der Waals surface area contributed by atoms with Crippen LogP contribution in [0.2, 0.25) is 0 Å². The average molecular weight is 289 g/mol. The van der Waals surface area contributed by atoms with Crippen molar-refractivity contribution in [1.29, 1.82) is 0 Å². The van der Waals surface area contributed by atoms with E-state index in [0.29, 0.717) is 12.1 Å². The van der Waals surface area contributed by atoms with Gasteiger partial charge in [0.1, 0.15) is 16.5 Å². The van der Waals surface area contributed by atoms with Crippen molar-refractivity contribution in [1.82, 2.24) is 0 Å². The molecular weight excluding hydrogens is 281 g/mol. The predicted octanol–water partition coefficient (Wildman–Crippen LogP) is 2.08. The van der Waals surface area contributed by atoms with Gasteiger partial charge < -0.3 is 5.73 Å². The summed E-state index contributed by atoms with van der Waals surface area (Å²) in [5, 5.41) is 0. The van der Waals surface area contributed by atoms with Crippen molar-refractivity contribution in [3.05, 3.63) is 24.0 Å². The second-order valence-electron chi connectivity index (χ2n) is 3.51. The van der Waals surface area contributed by atoms with Crippen molar-refractivity contribution in [2.24, 2.45) is 0 Å². The number of rotatable bonds is 4. The highest BCUT2D eigenvalue weighted by Gasteiger charge is 2.45. The summed E-state index contributed by atoms with van der Waals surface area (Å²) in [6.07, 6.45) is -4.15. The van der Waals surface area contributed by atoms with Gasteiger partial charge >= 0.3 is 12.3 Å². The molecule has 3 nitrogen and oxygen atoms in total. The van der Waals surface area contributed by atoms with Crippen LogP contribution in [-0.4, -0.2) is 26.5 Å². The summed E-state index contributed by atoms with van der Waals surface area (Å²) in [6, 6.07) is 2.23. The van der Waals surface area contributed by atoms with Crippen LogP contribution >= 0.6 is 0 Å². The molecule has 0 atom stereocenters. The van der Waals surface area contributed by atoms with Crippen LogP contribution < -0.4 is 5.73 Å². The largest absolute Gasteiger partial charge is 0.399 e. The number of hydrogen-bond acceptors (Lipinski definition) is 3. The van der Waals surface area contributed by atoms with Crippen LogP contribution in [0.25, 0.3) is 0 Å². The molecule has 0 heterocycles. The van der Waals surface area contributed by atoms with E-state index in [9.17, 15) is 30.4 Å². The monoisotopic (exact) mass is 289 g/mol. The fourth-order valence-corrected chi connectivity index (χ4v) is 2.58. The summed E-state index contributed by atoms with van der Waals surface area (Å²) < 4.78 is 85.1. The molecule has 0 bridgehead atoms. The zero-order valence-corrected chi connectivity index (χ0v) is 9.52. The Bertz CT molecular complexity index is 544. The fourth-order valence-electron chi connectivity index (χ4n) is 1.16. The summed E-state index contributed by atoms with van der Waals surface area (Å²) in [4.78, 5) is -1.09. The SMILES string of the molecule is Nc1ccc(S(=O)(=O)CC(F)(F)C(F)F)c(F)c1. The first-order valence-corrected chi connectivity index (χ1v) is 6.15. The third-order valence-electron chi connectivity index (χ3n) is 1.99. The predicted molar refractivity (Wildman–Crippen MR) is 53.8 cm³/mol.